The lowest BCUT2D eigenvalue weighted by molar-refractivity contribution is -0.164. The highest BCUT2D eigenvalue weighted by atomic mass is 16.6. The number of aliphatic carboxylic acids is 1. The Morgan fingerprint density at radius 3 is 1.95 bits per heavy atom. The van der Waals surface area contributed by atoms with E-state index in [1.165, 1.54) is 0 Å². The van der Waals surface area contributed by atoms with E-state index in [4.69, 9.17) is 20.3 Å². The van der Waals surface area contributed by atoms with Crippen LogP contribution in [0.1, 0.15) is 72.5 Å². The van der Waals surface area contributed by atoms with Gasteiger partial charge in [0, 0.05) is 31.8 Å². The zero-order valence-electron chi connectivity index (χ0n) is 26.4. The number of carboxylic acids is 1. The molecule has 0 bridgehead atoms. The second kappa shape index (κ2) is 15.6. The molecule has 14 nitrogen and oxygen atoms in total. The van der Waals surface area contributed by atoms with Crippen LogP contribution in [0.2, 0.25) is 0 Å². The SMILES string of the molecule is Cn1ccnc1CN(CCCC[C@H](N)C(=O)O)Cc1nccn1CC(=O)N(CC(=O)OC(C)(C)C)CC(=O)OC(C)(C)C. The van der Waals surface area contributed by atoms with E-state index < -0.39 is 54.1 Å². The smallest absolute Gasteiger partial charge is 0.326 e. The normalized spacial score (nSPS) is 12.7. The van der Waals surface area contributed by atoms with Crippen molar-refractivity contribution in [3.8, 4) is 0 Å². The number of aryl methyl sites for hydroxylation is 1. The number of amides is 1. The fourth-order valence-corrected chi connectivity index (χ4v) is 4.16. The third-order valence-electron chi connectivity index (χ3n) is 6.15. The first-order valence-corrected chi connectivity index (χ1v) is 14.3. The van der Waals surface area contributed by atoms with Crippen LogP contribution in [0, 0.1) is 0 Å². The summed E-state index contributed by atoms with van der Waals surface area (Å²) >= 11 is 0. The first kappa shape index (κ1) is 35.4. The number of nitrogens with zero attached hydrogens (tertiary/aromatic N) is 6. The Kier molecular flexibility index (Phi) is 12.9. The van der Waals surface area contributed by atoms with E-state index >= 15 is 0 Å². The Balaban J connectivity index is 2.17. The predicted octanol–water partition coefficient (Wildman–Crippen LogP) is 1.71. The second-order valence-corrected chi connectivity index (χ2v) is 12.5. The minimum Gasteiger partial charge on any atom is -0.480 e. The number of carbonyl (C=O) groups excluding carboxylic acids is 3. The number of nitrogens with two attached hydrogens (primary N) is 1. The molecule has 3 N–H and O–H groups in total. The van der Waals surface area contributed by atoms with E-state index in [1.54, 1.807) is 64.7 Å². The average Bonchev–Trinajstić information content (AvgIpc) is 3.46. The van der Waals surface area contributed by atoms with Crippen molar-refractivity contribution >= 4 is 23.8 Å². The molecule has 43 heavy (non-hydrogen) atoms. The van der Waals surface area contributed by atoms with Gasteiger partial charge in [-0.25, -0.2) is 9.97 Å². The van der Waals surface area contributed by atoms with E-state index in [0.29, 0.717) is 44.7 Å². The number of imidazole rings is 2. The van der Waals surface area contributed by atoms with Crippen LogP contribution in [-0.4, -0.2) is 94.7 Å². The first-order valence-electron chi connectivity index (χ1n) is 14.3. The van der Waals surface area contributed by atoms with Crippen LogP contribution in [-0.2, 0) is 55.3 Å². The highest BCUT2D eigenvalue weighted by molar-refractivity contribution is 5.86. The van der Waals surface area contributed by atoms with Crippen molar-refractivity contribution in [1.82, 2.24) is 28.9 Å². The third-order valence-corrected chi connectivity index (χ3v) is 6.15. The fraction of sp³-hybridized carbons (Fsp3) is 0.655. The van der Waals surface area contributed by atoms with Gasteiger partial charge in [-0.1, -0.05) is 6.42 Å². The van der Waals surface area contributed by atoms with Crippen molar-refractivity contribution in [2.45, 2.75) is 97.7 Å². The van der Waals surface area contributed by atoms with Crippen LogP contribution in [0.5, 0.6) is 0 Å². The molecule has 2 aromatic heterocycles. The van der Waals surface area contributed by atoms with Gasteiger partial charge in [-0.2, -0.15) is 0 Å². The van der Waals surface area contributed by atoms with Crippen LogP contribution < -0.4 is 5.73 Å². The van der Waals surface area contributed by atoms with Crippen LogP contribution in [0.25, 0.3) is 0 Å². The first-order chi connectivity index (χ1) is 19.9. The molecule has 0 aliphatic rings. The molecule has 1 atom stereocenters. The van der Waals surface area contributed by atoms with Crippen LogP contribution in [0.3, 0.4) is 0 Å². The summed E-state index contributed by atoms with van der Waals surface area (Å²) in [4.78, 5) is 61.8. The summed E-state index contributed by atoms with van der Waals surface area (Å²) < 4.78 is 14.4. The lowest BCUT2D eigenvalue weighted by atomic mass is 10.1. The van der Waals surface area contributed by atoms with Gasteiger partial charge in [0.15, 0.2) is 0 Å². The second-order valence-electron chi connectivity index (χ2n) is 12.5. The highest BCUT2D eigenvalue weighted by Crippen LogP contribution is 2.13. The Morgan fingerprint density at radius 2 is 1.44 bits per heavy atom. The monoisotopic (exact) mass is 605 g/mol. The molecule has 0 aromatic carbocycles. The molecule has 2 rings (SSSR count). The minimum absolute atomic E-state index is 0.162. The van der Waals surface area contributed by atoms with E-state index in [-0.39, 0.29) is 6.54 Å². The van der Waals surface area contributed by atoms with Gasteiger partial charge in [-0.3, -0.25) is 24.1 Å². The fourth-order valence-electron chi connectivity index (χ4n) is 4.16. The maximum absolute atomic E-state index is 13.5. The third kappa shape index (κ3) is 13.4. The number of rotatable bonds is 16. The summed E-state index contributed by atoms with van der Waals surface area (Å²) in [6, 6.07) is -0.905. The molecule has 0 aliphatic heterocycles. The lowest BCUT2D eigenvalue weighted by Gasteiger charge is -2.27. The van der Waals surface area contributed by atoms with Crippen LogP contribution in [0.4, 0.5) is 0 Å². The molecule has 2 aromatic rings. The summed E-state index contributed by atoms with van der Waals surface area (Å²) in [6.45, 7) is 10.8. The molecular formula is C29H47N7O7. The number of ether oxygens (including phenoxy) is 2. The lowest BCUT2D eigenvalue weighted by Crippen LogP contribution is -2.44. The van der Waals surface area contributed by atoms with E-state index in [9.17, 15) is 19.2 Å². The molecule has 14 heteroatoms. The van der Waals surface area contributed by atoms with Gasteiger partial charge < -0.3 is 34.3 Å². The largest absolute Gasteiger partial charge is 0.480 e. The van der Waals surface area contributed by atoms with Crippen molar-refractivity contribution in [2.24, 2.45) is 12.8 Å². The topological polar surface area (TPSA) is 175 Å². The van der Waals surface area contributed by atoms with Gasteiger partial charge in [0.2, 0.25) is 5.91 Å². The average molecular weight is 606 g/mol. The number of carbonyl (C=O) groups is 4. The summed E-state index contributed by atoms with van der Waals surface area (Å²) in [5.41, 5.74) is 4.13. The number of hydrogen-bond acceptors (Lipinski definition) is 10. The van der Waals surface area contributed by atoms with Gasteiger partial charge in [-0.15, -0.1) is 0 Å². The van der Waals surface area contributed by atoms with Gasteiger partial charge >= 0.3 is 17.9 Å². The Morgan fingerprint density at radius 1 is 0.907 bits per heavy atom. The van der Waals surface area contributed by atoms with Gasteiger partial charge in [0.05, 0.1) is 13.1 Å². The van der Waals surface area contributed by atoms with E-state index in [2.05, 4.69) is 14.9 Å². The number of unbranched alkanes of at least 4 members (excludes halogenated alkanes) is 1. The van der Waals surface area contributed by atoms with E-state index in [0.717, 1.165) is 10.7 Å². The molecule has 240 valence electrons. The van der Waals surface area contributed by atoms with Crippen molar-refractivity contribution < 1.29 is 33.8 Å². The molecule has 2 heterocycles. The molecule has 0 fully saturated rings. The molecule has 0 aliphatic carbocycles. The molecular weight excluding hydrogens is 558 g/mol. The molecule has 0 unspecified atom stereocenters. The van der Waals surface area contributed by atoms with Gasteiger partial charge in [0.25, 0.3) is 0 Å². The molecule has 0 radical (unpaired) electrons. The van der Waals surface area contributed by atoms with Gasteiger partial charge in [0.1, 0.15) is 48.5 Å². The van der Waals surface area contributed by atoms with E-state index in [1.807, 2.05) is 17.8 Å². The summed E-state index contributed by atoms with van der Waals surface area (Å²) in [5.74, 6) is -1.35. The molecule has 0 saturated carbocycles. The standard InChI is InChI=1S/C29H47N7O7/c1-28(2,3)42-25(38)19-36(20-26(39)43-29(4,5)6)24(37)18-35-15-12-32-23(35)17-34(16-22-31-11-14-33(22)7)13-9-8-10-21(30)27(40)41/h11-12,14-15,21H,8-10,13,16-20,30H2,1-7H3,(H,40,41)/t21-/m0/s1. The maximum atomic E-state index is 13.5. The number of carboxylic acid groups (broad SMARTS) is 1. The predicted molar refractivity (Wildman–Crippen MR) is 157 cm³/mol. The van der Waals surface area contributed by atoms with Crippen LogP contribution in [0.15, 0.2) is 24.8 Å². The van der Waals surface area contributed by atoms with Crippen LogP contribution >= 0.6 is 0 Å². The molecule has 0 spiro atoms. The molecule has 0 saturated heterocycles. The zero-order valence-corrected chi connectivity index (χ0v) is 26.4. The van der Waals surface area contributed by atoms with Crippen molar-refractivity contribution in [3.63, 3.8) is 0 Å². The van der Waals surface area contributed by atoms with Crippen molar-refractivity contribution in [1.29, 1.82) is 0 Å². The maximum Gasteiger partial charge on any atom is 0.326 e. The van der Waals surface area contributed by atoms with Crippen molar-refractivity contribution in [3.05, 3.63) is 36.4 Å². The summed E-state index contributed by atoms with van der Waals surface area (Å²) in [7, 11) is 1.90. The quantitative estimate of drug-likeness (QED) is 0.210. The number of aromatic nitrogens is 4. The summed E-state index contributed by atoms with van der Waals surface area (Å²) in [6.07, 6.45) is 8.49. The Hall–Kier alpha value is -3.78. The van der Waals surface area contributed by atoms with Gasteiger partial charge in [-0.05, 0) is 60.9 Å². The Labute approximate surface area is 253 Å². The zero-order chi connectivity index (χ0) is 32.4. The summed E-state index contributed by atoms with van der Waals surface area (Å²) in [5, 5.41) is 9.06. The Bertz CT molecular complexity index is 1200. The van der Waals surface area contributed by atoms with Crippen molar-refractivity contribution in [2.75, 3.05) is 19.6 Å². The minimum atomic E-state index is -1.02. The number of esters is 2. The molecule has 1 amide bonds. The number of hydrogen-bond donors (Lipinski definition) is 2. The highest BCUT2D eigenvalue weighted by Gasteiger charge is 2.27.